The van der Waals surface area contributed by atoms with E-state index in [1.54, 1.807) is 23.4 Å². The molecule has 0 fully saturated rings. The van der Waals surface area contributed by atoms with Crippen LogP contribution in [0.4, 0.5) is 0 Å². The van der Waals surface area contributed by atoms with Gasteiger partial charge in [-0.15, -0.1) is 0 Å². The zero-order valence-electron chi connectivity index (χ0n) is 15.8. The minimum absolute atomic E-state index is 0.167. The Morgan fingerprint density at radius 3 is 2.70 bits per heavy atom. The lowest BCUT2D eigenvalue weighted by molar-refractivity contribution is 0.0694. The number of hydrogen-bond acceptors (Lipinski definition) is 6. The molecule has 3 aromatic rings. The van der Waals surface area contributed by atoms with Gasteiger partial charge in [-0.25, -0.2) is 9.48 Å². The molecule has 4 heterocycles. The number of hydrogen-bond donors (Lipinski definition) is 0. The Hall–Kier alpha value is -3.17. The van der Waals surface area contributed by atoms with Crippen molar-refractivity contribution in [3.8, 4) is 0 Å². The molecule has 0 saturated heterocycles. The molecule has 0 atom stereocenters. The second-order valence-corrected chi connectivity index (χ2v) is 6.85. The van der Waals surface area contributed by atoms with E-state index in [1.807, 2.05) is 24.6 Å². The number of fused-ring (bicyclic) bond motifs is 1. The van der Waals surface area contributed by atoms with E-state index in [1.165, 1.54) is 4.68 Å². The monoisotopic (exact) mass is 371 g/mol. The first kappa shape index (κ1) is 17.3. The fourth-order valence-electron chi connectivity index (χ4n) is 3.42. The fraction of sp³-hybridized carbons (Fsp3) is 0.471. The average molecular weight is 371 g/mol. The molecule has 142 valence electrons. The van der Waals surface area contributed by atoms with Crippen LogP contribution in [0.2, 0.25) is 0 Å². The summed E-state index contributed by atoms with van der Waals surface area (Å²) in [5, 5.41) is 12.7. The van der Waals surface area contributed by atoms with E-state index in [0.717, 1.165) is 17.0 Å². The predicted octanol–water partition coefficient (Wildman–Crippen LogP) is 0.396. The molecule has 1 amide bonds. The minimum atomic E-state index is -0.229. The van der Waals surface area contributed by atoms with Gasteiger partial charge in [0.15, 0.2) is 11.5 Å². The molecule has 0 bridgehead atoms. The largest absolute Gasteiger partial charge is 0.361 e. The highest BCUT2D eigenvalue weighted by molar-refractivity contribution is 5.93. The van der Waals surface area contributed by atoms with Gasteiger partial charge < -0.3 is 9.42 Å². The highest BCUT2D eigenvalue weighted by Crippen LogP contribution is 2.20. The van der Waals surface area contributed by atoms with Crippen molar-refractivity contribution >= 4 is 5.91 Å². The SMILES string of the molecule is Cc1cc(C)n(Cc2c(C(=O)N3CCn4c(nn(C)c4=O)C3)noc2C)n1. The van der Waals surface area contributed by atoms with Crippen LogP contribution < -0.4 is 5.69 Å². The molecule has 0 aromatic carbocycles. The molecule has 3 aromatic heterocycles. The number of amides is 1. The van der Waals surface area contributed by atoms with E-state index in [4.69, 9.17) is 4.52 Å². The zero-order chi connectivity index (χ0) is 19.3. The third-order valence-electron chi connectivity index (χ3n) is 4.90. The zero-order valence-corrected chi connectivity index (χ0v) is 15.8. The number of nitrogens with zero attached hydrogens (tertiary/aromatic N) is 7. The van der Waals surface area contributed by atoms with Gasteiger partial charge in [-0.05, 0) is 26.8 Å². The van der Waals surface area contributed by atoms with E-state index < -0.39 is 0 Å². The summed E-state index contributed by atoms with van der Waals surface area (Å²) in [5.41, 5.74) is 2.75. The highest BCUT2D eigenvalue weighted by atomic mass is 16.5. The Morgan fingerprint density at radius 1 is 1.22 bits per heavy atom. The summed E-state index contributed by atoms with van der Waals surface area (Å²) in [5.74, 6) is 0.938. The third-order valence-corrected chi connectivity index (χ3v) is 4.90. The molecule has 10 nitrogen and oxygen atoms in total. The molecular formula is C17H21N7O3. The maximum absolute atomic E-state index is 13.1. The third kappa shape index (κ3) is 2.86. The van der Waals surface area contributed by atoms with E-state index in [-0.39, 0.29) is 23.8 Å². The van der Waals surface area contributed by atoms with Crippen LogP contribution in [0.3, 0.4) is 0 Å². The summed E-state index contributed by atoms with van der Waals surface area (Å²) >= 11 is 0. The van der Waals surface area contributed by atoms with Crippen LogP contribution in [0, 0.1) is 20.8 Å². The smallest absolute Gasteiger partial charge is 0.345 e. The van der Waals surface area contributed by atoms with E-state index in [0.29, 0.717) is 31.2 Å². The van der Waals surface area contributed by atoms with E-state index >= 15 is 0 Å². The molecular weight excluding hydrogens is 350 g/mol. The molecule has 4 rings (SSSR count). The van der Waals surface area contributed by atoms with Crippen LogP contribution in [0.15, 0.2) is 15.4 Å². The first-order chi connectivity index (χ1) is 12.8. The van der Waals surface area contributed by atoms with Crippen molar-refractivity contribution < 1.29 is 9.32 Å². The Labute approximate surface area is 155 Å². The summed E-state index contributed by atoms with van der Waals surface area (Å²) in [6.07, 6.45) is 0. The van der Waals surface area contributed by atoms with Crippen LogP contribution in [0.1, 0.15) is 39.0 Å². The Morgan fingerprint density at radius 2 is 2.00 bits per heavy atom. The molecule has 0 spiro atoms. The molecule has 10 heteroatoms. The van der Waals surface area contributed by atoms with Gasteiger partial charge in [-0.3, -0.25) is 14.0 Å². The minimum Gasteiger partial charge on any atom is -0.361 e. The second-order valence-electron chi connectivity index (χ2n) is 6.85. The summed E-state index contributed by atoms with van der Waals surface area (Å²) in [7, 11) is 1.60. The lowest BCUT2D eigenvalue weighted by Gasteiger charge is -2.26. The number of aryl methyl sites for hydroxylation is 4. The van der Waals surface area contributed by atoms with Crippen molar-refractivity contribution in [1.29, 1.82) is 0 Å². The highest BCUT2D eigenvalue weighted by Gasteiger charge is 2.29. The number of aromatic nitrogens is 6. The van der Waals surface area contributed by atoms with Gasteiger partial charge in [-0.2, -0.15) is 10.2 Å². The maximum Gasteiger partial charge on any atom is 0.345 e. The van der Waals surface area contributed by atoms with Crippen molar-refractivity contribution in [3.05, 3.63) is 50.8 Å². The molecule has 0 radical (unpaired) electrons. The lowest BCUT2D eigenvalue weighted by atomic mass is 10.1. The van der Waals surface area contributed by atoms with Gasteiger partial charge >= 0.3 is 5.69 Å². The summed E-state index contributed by atoms with van der Waals surface area (Å²) < 4.78 is 10.0. The maximum atomic E-state index is 13.1. The summed E-state index contributed by atoms with van der Waals surface area (Å²) in [6, 6.07) is 1.98. The van der Waals surface area contributed by atoms with Gasteiger partial charge in [0.1, 0.15) is 5.76 Å². The Bertz CT molecular complexity index is 1080. The van der Waals surface area contributed by atoms with E-state index in [9.17, 15) is 9.59 Å². The molecule has 1 aliphatic rings. The van der Waals surface area contributed by atoms with Crippen molar-refractivity contribution in [2.75, 3.05) is 6.54 Å². The fourth-order valence-corrected chi connectivity index (χ4v) is 3.42. The van der Waals surface area contributed by atoms with Gasteiger partial charge in [0, 0.05) is 31.4 Å². The Kier molecular flexibility index (Phi) is 3.97. The number of carbonyl (C=O) groups is 1. The van der Waals surface area contributed by atoms with Crippen LogP contribution in [-0.4, -0.2) is 46.6 Å². The van der Waals surface area contributed by atoms with Crippen molar-refractivity contribution in [1.82, 2.24) is 34.2 Å². The van der Waals surface area contributed by atoms with E-state index in [2.05, 4.69) is 15.4 Å². The second kappa shape index (κ2) is 6.22. The standard InChI is InChI=1S/C17H21N7O3/c1-10-7-11(2)24(18-10)8-13-12(3)27-20-15(13)16(25)22-5-6-23-14(9-22)19-21(4)17(23)26/h7H,5-6,8-9H2,1-4H3. The number of carbonyl (C=O) groups excluding carboxylic acids is 1. The topological polar surface area (TPSA) is 104 Å². The lowest BCUT2D eigenvalue weighted by Crippen LogP contribution is -2.41. The normalized spacial score (nSPS) is 13.9. The van der Waals surface area contributed by atoms with Crippen LogP contribution in [0.25, 0.3) is 0 Å². The van der Waals surface area contributed by atoms with Gasteiger partial charge in [-0.1, -0.05) is 5.16 Å². The molecule has 0 N–H and O–H groups in total. The van der Waals surface area contributed by atoms with Crippen LogP contribution in [0.5, 0.6) is 0 Å². The van der Waals surface area contributed by atoms with Gasteiger partial charge in [0.2, 0.25) is 0 Å². The number of rotatable bonds is 3. The molecule has 0 unspecified atom stereocenters. The molecule has 1 aliphatic heterocycles. The predicted molar refractivity (Wildman–Crippen MR) is 94.3 cm³/mol. The first-order valence-electron chi connectivity index (χ1n) is 8.73. The van der Waals surface area contributed by atoms with Crippen molar-refractivity contribution in [2.45, 2.75) is 40.4 Å². The van der Waals surface area contributed by atoms with Crippen molar-refractivity contribution in [3.63, 3.8) is 0 Å². The summed E-state index contributed by atoms with van der Waals surface area (Å²) in [4.78, 5) is 26.7. The van der Waals surface area contributed by atoms with Gasteiger partial charge in [0.25, 0.3) is 5.91 Å². The average Bonchev–Trinajstić information content (AvgIpc) is 3.24. The van der Waals surface area contributed by atoms with Crippen molar-refractivity contribution in [2.24, 2.45) is 7.05 Å². The summed E-state index contributed by atoms with van der Waals surface area (Å²) in [6.45, 7) is 7.20. The molecule has 0 saturated carbocycles. The molecule has 27 heavy (non-hydrogen) atoms. The quantitative estimate of drug-likeness (QED) is 0.660. The van der Waals surface area contributed by atoms with Crippen LogP contribution in [-0.2, 0) is 26.7 Å². The molecule has 0 aliphatic carbocycles. The first-order valence-corrected chi connectivity index (χ1v) is 8.73. The van der Waals surface area contributed by atoms with Crippen LogP contribution >= 0.6 is 0 Å². The Balaban J connectivity index is 1.61. The van der Waals surface area contributed by atoms with Gasteiger partial charge in [0.05, 0.1) is 18.8 Å².